The van der Waals surface area contributed by atoms with Crippen LogP contribution in [-0.4, -0.2) is 30.5 Å². The molecule has 1 aliphatic heterocycles. The highest BCUT2D eigenvalue weighted by atomic mass is 19.1. The Morgan fingerprint density at radius 2 is 1.96 bits per heavy atom. The number of nitrogens with one attached hydrogen (secondary N) is 1. The van der Waals surface area contributed by atoms with E-state index in [-0.39, 0.29) is 24.4 Å². The number of hydrogen-bond donors (Lipinski definition) is 1. The fourth-order valence-electron chi connectivity index (χ4n) is 3.46. The largest absolute Gasteiger partial charge is 0.483 e. The molecule has 0 aliphatic carbocycles. The van der Waals surface area contributed by atoms with E-state index >= 15 is 0 Å². The molecule has 0 saturated carbocycles. The van der Waals surface area contributed by atoms with E-state index in [0.717, 1.165) is 49.2 Å². The van der Waals surface area contributed by atoms with Crippen LogP contribution in [0.2, 0.25) is 0 Å². The van der Waals surface area contributed by atoms with Crippen LogP contribution in [0.4, 0.5) is 4.39 Å². The molecular weight excluding hydrogens is 343 g/mol. The van der Waals surface area contributed by atoms with Gasteiger partial charge < -0.3 is 15.0 Å². The smallest absolute Gasteiger partial charge is 0.260 e. The average molecular weight is 370 g/mol. The molecule has 1 saturated heterocycles. The van der Waals surface area contributed by atoms with Crippen LogP contribution in [0.1, 0.15) is 43.4 Å². The highest BCUT2D eigenvalue weighted by molar-refractivity contribution is 5.78. The summed E-state index contributed by atoms with van der Waals surface area (Å²) in [5.41, 5.74) is 1.92. The second kappa shape index (κ2) is 9.51. The Kier molecular flexibility index (Phi) is 6.82. The van der Waals surface area contributed by atoms with Crippen molar-refractivity contribution in [3.63, 3.8) is 0 Å². The first-order valence-electron chi connectivity index (χ1n) is 9.64. The van der Waals surface area contributed by atoms with Crippen LogP contribution in [0.5, 0.6) is 5.75 Å². The lowest BCUT2D eigenvalue weighted by atomic mass is 10.0. The molecule has 2 aromatic rings. The predicted molar refractivity (Wildman–Crippen MR) is 104 cm³/mol. The van der Waals surface area contributed by atoms with Gasteiger partial charge in [-0.05, 0) is 43.0 Å². The van der Waals surface area contributed by atoms with E-state index in [0.29, 0.717) is 6.54 Å². The van der Waals surface area contributed by atoms with Gasteiger partial charge in [-0.25, -0.2) is 4.39 Å². The number of nitrogens with zero attached hydrogens (tertiary/aromatic N) is 1. The van der Waals surface area contributed by atoms with Crippen LogP contribution in [0.15, 0.2) is 48.5 Å². The summed E-state index contributed by atoms with van der Waals surface area (Å²) in [5.74, 6) is 0.540. The maximum absolute atomic E-state index is 13.4. The van der Waals surface area contributed by atoms with E-state index in [1.54, 1.807) is 6.07 Å². The number of rotatable bonds is 8. The molecule has 1 aliphatic rings. The zero-order chi connectivity index (χ0) is 19.1. The second-order valence-electron chi connectivity index (χ2n) is 6.89. The van der Waals surface area contributed by atoms with Crippen molar-refractivity contribution in [2.75, 3.05) is 19.7 Å². The van der Waals surface area contributed by atoms with Gasteiger partial charge in [-0.1, -0.05) is 37.3 Å². The van der Waals surface area contributed by atoms with Gasteiger partial charge in [0, 0.05) is 31.2 Å². The van der Waals surface area contributed by atoms with E-state index in [9.17, 15) is 9.18 Å². The second-order valence-corrected chi connectivity index (χ2v) is 6.89. The molecule has 1 amide bonds. The third-order valence-corrected chi connectivity index (χ3v) is 4.95. The Labute approximate surface area is 160 Å². The number of ether oxygens (including phenoxy) is 1. The summed E-state index contributed by atoms with van der Waals surface area (Å²) < 4.78 is 19.3. The van der Waals surface area contributed by atoms with Gasteiger partial charge in [0.25, 0.3) is 5.91 Å². The normalized spacial score (nSPS) is 15.0. The lowest BCUT2D eigenvalue weighted by molar-refractivity contribution is -0.132. The monoisotopic (exact) mass is 370 g/mol. The minimum Gasteiger partial charge on any atom is -0.483 e. The van der Waals surface area contributed by atoms with E-state index in [1.165, 1.54) is 12.1 Å². The number of hydrogen-bond acceptors (Lipinski definition) is 3. The van der Waals surface area contributed by atoms with Gasteiger partial charge in [0.2, 0.25) is 0 Å². The first kappa shape index (κ1) is 19.4. The zero-order valence-corrected chi connectivity index (χ0v) is 15.8. The van der Waals surface area contributed by atoms with Crippen molar-refractivity contribution >= 4 is 5.91 Å². The summed E-state index contributed by atoms with van der Waals surface area (Å²) in [7, 11) is 0. The van der Waals surface area contributed by atoms with Crippen molar-refractivity contribution in [1.82, 2.24) is 10.2 Å². The number of benzene rings is 2. The minimum atomic E-state index is -0.230. The summed E-state index contributed by atoms with van der Waals surface area (Å²) in [6, 6.07) is 14.5. The molecule has 1 fully saturated rings. The Hall–Kier alpha value is -2.40. The Balaban J connectivity index is 1.64. The van der Waals surface area contributed by atoms with Crippen molar-refractivity contribution in [2.24, 2.45) is 0 Å². The summed E-state index contributed by atoms with van der Waals surface area (Å²) >= 11 is 0. The van der Waals surface area contributed by atoms with Crippen LogP contribution >= 0.6 is 0 Å². The van der Waals surface area contributed by atoms with E-state index in [4.69, 9.17) is 4.74 Å². The van der Waals surface area contributed by atoms with Gasteiger partial charge in [-0.3, -0.25) is 4.79 Å². The number of halogens is 1. The average Bonchev–Trinajstić information content (AvgIpc) is 3.22. The van der Waals surface area contributed by atoms with Gasteiger partial charge in [0.15, 0.2) is 6.61 Å². The van der Waals surface area contributed by atoms with Crippen LogP contribution < -0.4 is 10.1 Å². The van der Waals surface area contributed by atoms with Crippen LogP contribution in [0.25, 0.3) is 0 Å². The first-order chi connectivity index (χ1) is 13.2. The quantitative estimate of drug-likeness (QED) is 0.762. The number of carbonyl (C=O) groups excluding carboxylic acids is 1. The Bertz CT molecular complexity index is 759. The molecule has 2 aromatic carbocycles. The van der Waals surface area contributed by atoms with E-state index < -0.39 is 0 Å². The SMILES string of the molecule is CCC(NCc1cccc(F)c1)c1ccccc1OCC(=O)N1CCCC1. The summed E-state index contributed by atoms with van der Waals surface area (Å²) in [4.78, 5) is 14.1. The molecule has 0 bridgehead atoms. The van der Waals surface area contributed by atoms with E-state index in [2.05, 4.69) is 12.2 Å². The molecule has 1 N–H and O–H groups in total. The standard InChI is InChI=1S/C22H27FN2O2/c1-2-20(24-15-17-8-7-9-18(23)14-17)19-10-3-4-11-21(19)27-16-22(26)25-12-5-6-13-25/h3-4,7-11,14,20,24H,2,5-6,12-13,15-16H2,1H3. The van der Waals surface area contributed by atoms with E-state index in [1.807, 2.05) is 35.2 Å². The van der Waals surface area contributed by atoms with Gasteiger partial charge in [0.1, 0.15) is 11.6 Å². The lowest BCUT2D eigenvalue weighted by Gasteiger charge is -2.22. The van der Waals surface area contributed by atoms with Gasteiger partial charge >= 0.3 is 0 Å². The van der Waals surface area contributed by atoms with Crippen LogP contribution in [0.3, 0.4) is 0 Å². The fraction of sp³-hybridized carbons (Fsp3) is 0.409. The maximum atomic E-state index is 13.4. The summed E-state index contributed by atoms with van der Waals surface area (Å²) in [6.45, 7) is 4.39. The molecule has 1 atom stereocenters. The predicted octanol–water partition coefficient (Wildman–Crippen LogP) is 4.07. The Morgan fingerprint density at radius 1 is 1.19 bits per heavy atom. The molecule has 0 spiro atoms. The molecule has 5 heteroatoms. The molecule has 1 unspecified atom stereocenters. The van der Waals surface area contributed by atoms with Gasteiger partial charge in [-0.15, -0.1) is 0 Å². The van der Waals surface area contributed by atoms with Gasteiger partial charge in [0.05, 0.1) is 0 Å². The number of amides is 1. The number of likely N-dealkylation sites (tertiary alicyclic amines) is 1. The summed E-state index contributed by atoms with van der Waals surface area (Å²) in [5, 5.41) is 3.47. The van der Waals surface area contributed by atoms with Crippen molar-refractivity contribution in [1.29, 1.82) is 0 Å². The Morgan fingerprint density at radius 3 is 2.70 bits per heavy atom. The third kappa shape index (κ3) is 5.30. The van der Waals surface area contributed by atoms with Gasteiger partial charge in [-0.2, -0.15) is 0 Å². The molecule has 27 heavy (non-hydrogen) atoms. The van der Waals surface area contributed by atoms with Crippen LogP contribution in [0, 0.1) is 5.82 Å². The molecule has 0 aromatic heterocycles. The molecule has 144 valence electrons. The fourth-order valence-corrected chi connectivity index (χ4v) is 3.46. The van der Waals surface area contributed by atoms with Crippen LogP contribution in [-0.2, 0) is 11.3 Å². The van der Waals surface area contributed by atoms with Crippen molar-refractivity contribution in [2.45, 2.75) is 38.8 Å². The molecule has 1 heterocycles. The lowest BCUT2D eigenvalue weighted by Crippen LogP contribution is -2.32. The number of para-hydroxylation sites is 1. The summed E-state index contributed by atoms with van der Waals surface area (Å²) in [6.07, 6.45) is 3.00. The third-order valence-electron chi connectivity index (χ3n) is 4.95. The van der Waals surface area contributed by atoms with Crippen molar-refractivity contribution in [3.8, 4) is 5.75 Å². The van der Waals surface area contributed by atoms with Crippen molar-refractivity contribution in [3.05, 3.63) is 65.5 Å². The first-order valence-corrected chi connectivity index (χ1v) is 9.64. The molecule has 4 nitrogen and oxygen atoms in total. The molecule has 0 radical (unpaired) electrons. The molecule has 3 rings (SSSR count). The maximum Gasteiger partial charge on any atom is 0.260 e. The topological polar surface area (TPSA) is 41.6 Å². The highest BCUT2D eigenvalue weighted by Crippen LogP contribution is 2.27. The molecular formula is C22H27FN2O2. The van der Waals surface area contributed by atoms with Crippen molar-refractivity contribution < 1.29 is 13.9 Å². The minimum absolute atomic E-state index is 0.0445. The number of carbonyl (C=O) groups is 1. The zero-order valence-electron chi connectivity index (χ0n) is 15.8. The highest BCUT2D eigenvalue weighted by Gasteiger charge is 2.20.